The molecule has 1 aliphatic rings. The standard InChI is InChI=1S/C12H24N2O2/c1-4-12(8-13)9-14(5-6-16-12)11(15)7-10(2)3/h10H,4-9,13H2,1-3H3. The number of hydrogen-bond donors (Lipinski definition) is 1. The lowest BCUT2D eigenvalue weighted by Gasteiger charge is -2.42. The van der Waals surface area contributed by atoms with E-state index in [2.05, 4.69) is 20.8 Å². The predicted molar refractivity (Wildman–Crippen MR) is 64.1 cm³/mol. The number of nitrogens with zero attached hydrogens (tertiary/aromatic N) is 1. The van der Waals surface area contributed by atoms with Crippen LogP contribution in [0, 0.1) is 5.92 Å². The van der Waals surface area contributed by atoms with Crippen LogP contribution in [0.5, 0.6) is 0 Å². The normalized spacial score (nSPS) is 26.2. The number of carbonyl (C=O) groups excluding carboxylic acids is 1. The molecule has 16 heavy (non-hydrogen) atoms. The van der Waals surface area contributed by atoms with Gasteiger partial charge in [-0.3, -0.25) is 4.79 Å². The molecule has 4 nitrogen and oxygen atoms in total. The molecule has 0 radical (unpaired) electrons. The predicted octanol–water partition coefficient (Wildman–Crippen LogP) is 0.999. The fourth-order valence-electron chi connectivity index (χ4n) is 2.02. The molecule has 0 aromatic rings. The molecular weight excluding hydrogens is 204 g/mol. The molecule has 1 rings (SSSR count). The quantitative estimate of drug-likeness (QED) is 0.781. The largest absolute Gasteiger partial charge is 0.370 e. The average molecular weight is 228 g/mol. The van der Waals surface area contributed by atoms with Crippen molar-refractivity contribution >= 4 is 5.91 Å². The topological polar surface area (TPSA) is 55.6 Å². The van der Waals surface area contributed by atoms with Crippen molar-refractivity contribution in [1.82, 2.24) is 4.90 Å². The number of carbonyl (C=O) groups is 1. The van der Waals surface area contributed by atoms with Crippen LogP contribution in [0.1, 0.15) is 33.6 Å². The third-order valence-electron chi connectivity index (χ3n) is 3.20. The lowest BCUT2D eigenvalue weighted by molar-refractivity contribution is -0.150. The summed E-state index contributed by atoms with van der Waals surface area (Å²) < 4.78 is 5.73. The van der Waals surface area contributed by atoms with Crippen molar-refractivity contribution in [3.05, 3.63) is 0 Å². The molecule has 0 aromatic carbocycles. The zero-order valence-corrected chi connectivity index (χ0v) is 10.7. The van der Waals surface area contributed by atoms with Gasteiger partial charge in [-0.25, -0.2) is 0 Å². The van der Waals surface area contributed by atoms with Gasteiger partial charge in [-0.05, 0) is 12.3 Å². The maximum atomic E-state index is 12.0. The van der Waals surface area contributed by atoms with Crippen molar-refractivity contribution in [1.29, 1.82) is 0 Å². The van der Waals surface area contributed by atoms with Crippen molar-refractivity contribution in [3.63, 3.8) is 0 Å². The first-order valence-corrected chi connectivity index (χ1v) is 6.15. The Morgan fingerprint density at radius 1 is 1.56 bits per heavy atom. The Morgan fingerprint density at radius 2 is 2.25 bits per heavy atom. The van der Waals surface area contributed by atoms with E-state index in [1.165, 1.54) is 0 Å². The summed E-state index contributed by atoms with van der Waals surface area (Å²) in [6.07, 6.45) is 1.47. The molecule has 0 bridgehead atoms. The Labute approximate surface area is 98.1 Å². The molecule has 1 heterocycles. The van der Waals surface area contributed by atoms with Gasteiger partial charge >= 0.3 is 0 Å². The molecule has 0 spiro atoms. The summed E-state index contributed by atoms with van der Waals surface area (Å²) in [6.45, 7) is 8.62. The van der Waals surface area contributed by atoms with E-state index in [4.69, 9.17) is 10.5 Å². The number of amides is 1. The highest BCUT2D eigenvalue weighted by Crippen LogP contribution is 2.21. The Morgan fingerprint density at radius 3 is 2.75 bits per heavy atom. The number of rotatable bonds is 4. The second kappa shape index (κ2) is 5.64. The van der Waals surface area contributed by atoms with Crippen molar-refractivity contribution in [3.8, 4) is 0 Å². The highest BCUT2D eigenvalue weighted by atomic mass is 16.5. The number of nitrogens with two attached hydrogens (primary N) is 1. The number of morpholine rings is 1. The molecule has 1 fully saturated rings. The molecule has 1 amide bonds. The molecule has 1 atom stereocenters. The summed E-state index contributed by atoms with van der Waals surface area (Å²) in [5, 5.41) is 0. The number of ether oxygens (including phenoxy) is 1. The fraction of sp³-hybridized carbons (Fsp3) is 0.917. The van der Waals surface area contributed by atoms with Crippen LogP contribution < -0.4 is 5.73 Å². The fourth-order valence-corrected chi connectivity index (χ4v) is 2.02. The molecule has 1 saturated heterocycles. The lowest BCUT2D eigenvalue weighted by Crippen LogP contribution is -2.57. The maximum Gasteiger partial charge on any atom is 0.223 e. The summed E-state index contributed by atoms with van der Waals surface area (Å²) >= 11 is 0. The van der Waals surface area contributed by atoms with Gasteiger partial charge in [0.1, 0.15) is 0 Å². The van der Waals surface area contributed by atoms with Gasteiger partial charge in [0.05, 0.1) is 18.8 Å². The first-order valence-electron chi connectivity index (χ1n) is 6.15. The first-order chi connectivity index (χ1) is 7.53. The molecule has 94 valence electrons. The highest BCUT2D eigenvalue weighted by Gasteiger charge is 2.35. The first kappa shape index (κ1) is 13.5. The van der Waals surface area contributed by atoms with Gasteiger partial charge in [-0.2, -0.15) is 0 Å². The number of hydrogen-bond acceptors (Lipinski definition) is 3. The van der Waals surface area contributed by atoms with Gasteiger partial charge in [0.2, 0.25) is 5.91 Å². The average Bonchev–Trinajstić information content (AvgIpc) is 2.28. The van der Waals surface area contributed by atoms with E-state index in [0.29, 0.717) is 38.6 Å². The zero-order valence-electron chi connectivity index (χ0n) is 10.7. The van der Waals surface area contributed by atoms with E-state index in [1.807, 2.05) is 4.90 Å². The van der Waals surface area contributed by atoms with Crippen LogP contribution in [-0.2, 0) is 9.53 Å². The lowest BCUT2D eigenvalue weighted by atomic mass is 9.97. The van der Waals surface area contributed by atoms with Gasteiger partial charge in [0.25, 0.3) is 0 Å². The van der Waals surface area contributed by atoms with Gasteiger partial charge in [-0.1, -0.05) is 20.8 Å². The third-order valence-corrected chi connectivity index (χ3v) is 3.20. The Balaban J connectivity index is 2.59. The van der Waals surface area contributed by atoms with E-state index in [9.17, 15) is 4.79 Å². The van der Waals surface area contributed by atoms with Crippen LogP contribution in [-0.4, -0.2) is 42.6 Å². The summed E-state index contributed by atoms with van der Waals surface area (Å²) in [7, 11) is 0. The smallest absolute Gasteiger partial charge is 0.223 e. The van der Waals surface area contributed by atoms with E-state index in [-0.39, 0.29) is 11.5 Å². The zero-order chi connectivity index (χ0) is 12.2. The Bertz CT molecular complexity index is 237. The van der Waals surface area contributed by atoms with E-state index >= 15 is 0 Å². The molecular formula is C12H24N2O2. The molecule has 1 aliphatic heterocycles. The summed E-state index contributed by atoms with van der Waals surface area (Å²) in [5.74, 6) is 0.633. The van der Waals surface area contributed by atoms with Crippen molar-refractivity contribution in [2.45, 2.75) is 39.2 Å². The van der Waals surface area contributed by atoms with Crippen LogP contribution in [0.15, 0.2) is 0 Å². The minimum absolute atomic E-state index is 0.226. The molecule has 0 aliphatic carbocycles. The van der Waals surface area contributed by atoms with Crippen LogP contribution in [0.25, 0.3) is 0 Å². The molecule has 1 unspecified atom stereocenters. The van der Waals surface area contributed by atoms with E-state index in [1.54, 1.807) is 0 Å². The van der Waals surface area contributed by atoms with Gasteiger partial charge in [0.15, 0.2) is 0 Å². The van der Waals surface area contributed by atoms with Crippen LogP contribution >= 0.6 is 0 Å². The minimum Gasteiger partial charge on any atom is -0.370 e. The third kappa shape index (κ3) is 3.19. The second-order valence-corrected chi connectivity index (χ2v) is 5.00. The SMILES string of the molecule is CCC1(CN)CN(C(=O)CC(C)C)CCO1. The van der Waals surface area contributed by atoms with Gasteiger partial charge < -0.3 is 15.4 Å². The molecule has 2 N–H and O–H groups in total. The highest BCUT2D eigenvalue weighted by molar-refractivity contribution is 5.76. The van der Waals surface area contributed by atoms with E-state index in [0.717, 1.165) is 6.42 Å². The van der Waals surface area contributed by atoms with Crippen LogP contribution in [0.3, 0.4) is 0 Å². The Hall–Kier alpha value is -0.610. The van der Waals surface area contributed by atoms with Crippen molar-refractivity contribution in [2.24, 2.45) is 11.7 Å². The molecule has 0 aromatic heterocycles. The van der Waals surface area contributed by atoms with Crippen molar-refractivity contribution < 1.29 is 9.53 Å². The maximum absolute atomic E-state index is 12.0. The monoisotopic (exact) mass is 228 g/mol. The Kier molecular flexibility index (Phi) is 4.74. The summed E-state index contributed by atoms with van der Waals surface area (Å²) in [6, 6.07) is 0. The summed E-state index contributed by atoms with van der Waals surface area (Å²) in [4.78, 5) is 13.9. The van der Waals surface area contributed by atoms with Gasteiger partial charge in [-0.15, -0.1) is 0 Å². The van der Waals surface area contributed by atoms with Crippen LogP contribution in [0.4, 0.5) is 0 Å². The summed E-state index contributed by atoms with van der Waals surface area (Å²) in [5.41, 5.74) is 5.43. The van der Waals surface area contributed by atoms with Crippen molar-refractivity contribution in [2.75, 3.05) is 26.2 Å². The second-order valence-electron chi connectivity index (χ2n) is 5.00. The molecule has 4 heteroatoms. The molecule has 0 saturated carbocycles. The van der Waals surface area contributed by atoms with Crippen LogP contribution in [0.2, 0.25) is 0 Å². The minimum atomic E-state index is -0.315. The van der Waals surface area contributed by atoms with Gasteiger partial charge in [0, 0.05) is 19.5 Å². The van der Waals surface area contributed by atoms with E-state index < -0.39 is 0 Å².